The van der Waals surface area contributed by atoms with Crippen LogP contribution in [0.15, 0.2) is 42.6 Å². The van der Waals surface area contributed by atoms with Gasteiger partial charge in [0.25, 0.3) is 0 Å². The van der Waals surface area contributed by atoms with Crippen molar-refractivity contribution in [2.75, 3.05) is 13.2 Å². The molecule has 0 fully saturated rings. The number of nitrogens with zero attached hydrogens (tertiary/aromatic N) is 1. The third-order valence-corrected chi connectivity index (χ3v) is 3.49. The zero-order valence-corrected chi connectivity index (χ0v) is 11.1. The van der Waals surface area contributed by atoms with Crippen LogP contribution in [0.2, 0.25) is 0 Å². The lowest BCUT2D eigenvalue weighted by Crippen LogP contribution is -2.22. The molecule has 1 aromatic carbocycles. The predicted molar refractivity (Wildman–Crippen MR) is 75.4 cm³/mol. The van der Waals surface area contributed by atoms with Crippen molar-refractivity contribution in [3.63, 3.8) is 0 Å². The second kappa shape index (κ2) is 5.41. The molecule has 0 aliphatic carbocycles. The maximum atomic E-state index is 5.68. The van der Waals surface area contributed by atoms with E-state index in [-0.39, 0.29) is 0 Å². The fraction of sp³-hybridized carbons (Fsp3) is 0.312. The van der Waals surface area contributed by atoms with Gasteiger partial charge >= 0.3 is 0 Å². The molecular formula is C16H18N2O. The number of ether oxygens (including phenoxy) is 1. The van der Waals surface area contributed by atoms with E-state index in [1.54, 1.807) is 0 Å². The smallest absolute Gasteiger partial charge is 0.122 e. The molecule has 0 radical (unpaired) electrons. The van der Waals surface area contributed by atoms with Gasteiger partial charge in [-0.25, -0.2) is 0 Å². The van der Waals surface area contributed by atoms with Crippen LogP contribution in [0.1, 0.15) is 22.7 Å². The van der Waals surface area contributed by atoms with Crippen molar-refractivity contribution >= 4 is 0 Å². The molecule has 1 aromatic heterocycles. The summed E-state index contributed by atoms with van der Waals surface area (Å²) in [6, 6.07) is 12.5. The summed E-state index contributed by atoms with van der Waals surface area (Å²) in [5.74, 6) is 1.49. The monoisotopic (exact) mass is 254 g/mol. The van der Waals surface area contributed by atoms with Crippen LogP contribution in [-0.4, -0.2) is 18.1 Å². The first-order valence-electron chi connectivity index (χ1n) is 6.67. The number of aryl methyl sites for hydroxylation is 1. The molecule has 0 bridgehead atoms. The average Bonchev–Trinajstić information content (AvgIpc) is 2.85. The molecule has 2 aromatic rings. The highest BCUT2D eigenvalue weighted by Crippen LogP contribution is 2.32. The van der Waals surface area contributed by atoms with Gasteiger partial charge in [0.05, 0.1) is 6.61 Å². The molecule has 3 rings (SSSR count). The number of benzene rings is 1. The minimum absolute atomic E-state index is 0.453. The maximum Gasteiger partial charge on any atom is 0.122 e. The first-order chi connectivity index (χ1) is 9.33. The molecule has 1 atom stereocenters. The predicted octanol–water partition coefficient (Wildman–Crippen LogP) is 2.66. The highest BCUT2D eigenvalue weighted by atomic mass is 16.5. The number of nitrogens with one attached hydrogen (secondary N) is 1. The van der Waals surface area contributed by atoms with Crippen LogP contribution >= 0.6 is 0 Å². The van der Waals surface area contributed by atoms with Crippen LogP contribution in [0, 0.1) is 6.92 Å². The molecule has 0 spiro atoms. The molecule has 3 nitrogen and oxygen atoms in total. The Kier molecular flexibility index (Phi) is 3.47. The summed E-state index contributed by atoms with van der Waals surface area (Å²) in [6.07, 6.45) is 1.93. The Morgan fingerprint density at radius 1 is 1.26 bits per heavy atom. The van der Waals surface area contributed by atoms with Gasteiger partial charge in [-0.2, -0.15) is 0 Å². The maximum absolute atomic E-state index is 5.68. The Bertz CT molecular complexity index is 551. The molecule has 3 heteroatoms. The van der Waals surface area contributed by atoms with Crippen molar-refractivity contribution in [1.29, 1.82) is 0 Å². The SMILES string of the molecule is Cc1ccc(CNCC2COc3ccccc32)cn1. The van der Waals surface area contributed by atoms with Crippen molar-refractivity contribution in [3.8, 4) is 5.75 Å². The topological polar surface area (TPSA) is 34.1 Å². The van der Waals surface area contributed by atoms with Crippen LogP contribution in [0.4, 0.5) is 0 Å². The lowest BCUT2D eigenvalue weighted by molar-refractivity contribution is 0.326. The molecule has 1 unspecified atom stereocenters. The number of hydrogen-bond donors (Lipinski definition) is 1. The largest absolute Gasteiger partial charge is 0.493 e. The van der Waals surface area contributed by atoms with Crippen molar-refractivity contribution in [1.82, 2.24) is 10.3 Å². The van der Waals surface area contributed by atoms with E-state index < -0.39 is 0 Å². The van der Waals surface area contributed by atoms with Crippen molar-refractivity contribution in [2.24, 2.45) is 0 Å². The van der Waals surface area contributed by atoms with E-state index in [0.717, 1.165) is 31.1 Å². The van der Waals surface area contributed by atoms with E-state index in [0.29, 0.717) is 5.92 Å². The number of hydrogen-bond acceptors (Lipinski definition) is 3. The van der Waals surface area contributed by atoms with Gasteiger partial charge in [-0.15, -0.1) is 0 Å². The Hall–Kier alpha value is -1.87. The lowest BCUT2D eigenvalue weighted by Gasteiger charge is -2.10. The summed E-state index contributed by atoms with van der Waals surface area (Å²) < 4.78 is 5.68. The van der Waals surface area contributed by atoms with Crippen molar-refractivity contribution in [2.45, 2.75) is 19.4 Å². The van der Waals surface area contributed by atoms with Gasteiger partial charge in [-0.1, -0.05) is 24.3 Å². The van der Waals surface area contributed by atoms with Gasteiger partial charge in [0, 0.05) is 36.5 Å². The fourth-order valence-corrected chi connectivity index (χ4v) is 2.39. The first-order valence-corrected chi connectivity index (χ1v) is 6.67. The van der Waals surface area contributed by atoms with Gasteiger partial charge in [-0.3, -0.25) is 4.98 Å². The third kappa shape index (κ3) is 2.76. The summed E-state index contributed by atoms with van der Waals surface area (Å²) >= 11 is 0. The molecule has 0 saturated heterocycles. The quantitative estimate of drug-likeness (QED) is 0.910. The minimum atomic E-state index is 0.453. The average molecular weight is 254 g/mol. The number of fused-ring (bicyclic) bond motifs is 1. The summed E-state index contributed by atoms with van der Waals surface area (Å²) in [6.45, 7) is 4.57. The highest BCUT2D eigenvalue weighted by Gasteiger charge is 2.22. The summed E-state index contributed by atoms with van der Waals surface area (Å²) in [7, 11) is 0. The highest BCUT2D eigenvalue weighted by molar-refractivity contribution is 5.39. The van der Waals surface area contributed by atoms with Gasteiger partial charge in [-0.05, 0) is 24.6 Å². The molecule has 0 amide bonds. The van der Waals surface area contributed by atoms with Crippen molar-refractivity contribution < 1.29 is 4.74 Å². The second-order valence-corrected chi connectivity index (χ2v) is 4.98. The Balaban J connectivity index is 1.55. The molecule has 19 heavy (non-hydrogen) atoms. The zero-order chi connectivity index (χ0) is 13.1. The molecular weight excluding hydrogens is 236 g/mol. The summed E-state index contributed by atoms with van der Waals surface area (Å²) in [5, 5.41) is 3.48. The van der Waals surface area contributed by atoms with Gasteiger partial charge in [0.1, 0.15) is 5.75 Å². The molecule has 1 aliphatic heterocycles. The number of rotatable bonds is 4. The Morgan fingerprint density at radius 2 is 2.16 bits per heavy atom. The van der Waals surface area contributed by atoms with E-state index >= 15 is 0 Å². The number of para-hydroxylation sites is 1. The molecule has 0 saturated carbocycles. The van der Waals surface area contributed by atoms with Gasteiger partial charge < -0.3 is 10.1 Å². The van der Waals surface area contributed by atoms with E-state index in [1.807, 2.05) is 31.3 Å². The van der Waals surface area contributed by atoms with Crippen LogP contribution in [-0.2, 0) is 6.54 Å². The molecule has 1 N–H and O–H groups in total. The van der Waals surface area contributed by atoms with E-state index in [9.17, 15) is 0 Å². The second-order valence-electron chi connectivity index (χ2n) is 4.98. The van der Waals surface area contributed by atoms with Crippen LogP contribution < -0.4 is 10.1 Å². The van der Waals surface area contributed by atoms with E-state index in [4.69, 9.17) is 4.74 Å². The van der Waals surface area contributed by atoms with Gasteiger partial charge in [0.15, 0.2) is 0 Å². The molecule has 1 aliphatic rings. The Morgan fingerprint density at radius 3 is 3.00 bits per heavy atom. The third-order valence-electron chi connectivity index (χ3n) is 3.49. The summed E-state index contributed by atoms with van der Waals surface area (Å²) in [4.78, 5) is 4.30. The first kappa shape index (κ1) is 12.2. The standard InChI is InChI=1S/C16H18N2O/c1-12-6-7-13(9-18-12)8-17-10-14-11-19-16-5-3-2-4-15(14)16/h2-7,9,14,17H,8,10-11H2,1H3. The lowest BCUT2D eigenvalue weighted by atomic mass is 10.0. The molecule has 2 heterocycles. The Labute approximate surface area is 113 Å². The van der Waals surface area contributed by atoms with Crippen LogP contribution in [0.3, 0.4) is 0 Å². The van der Waals surface area contributed by atoms with E-state index in [1.165, 1.54) is 11.1 Å². The summed E-state index contributed by atoms with van der Waals surface area (Å²) in [5.41, 5.74) is 3.59. The normalized spacial score (nSPS) is 17.0. The molecule has 98 valence electrons. The van der Waals surface area contributed by atoms with Crippen LogP contribution in [0.25, 0.3) is 0 Å². The fourth-order valence-electron chi connectivity index (χ4n) is 2.39. The van der Waals surface area contributed by atoms with E-state index in [2.05, 4.69) is 28.5 Å². The zero-order valence-electron chi connectivity index (χ0n) is 11.1. The number of pyridine rings is 1. The van der Waals surface area contributed by atoms with Crippen LogP contribution in [0.5, 0.6) is 5.75 Å². The van der Waals surface area contributed by atoms with Gasteiger partial charge in [0.2, 0.25) is 0 Å². The number of aromatic nitrogens is 1. The van der Waals surface area contributed by atoms with Crippen molar-refractivity contribution in [3.05, 3.63) is 59.4 Å². The minimum Gasteiger partial charge on any atom is -0.493 e.